The molecule has 5 heteroatoms. The summed E-state index contributed by atoms with van der Waals surface area (Å²) in [5, 5.41) is 4.06. The molecule has 22 heavy (non-hydrogen) atoms. The average Bonchev–Trinajstić information content (AvgIpc) is 2.48. The second-order valence-corrected chi connectivity index (χ2v) is 5.94. The molecule has 2 rings (SSSR count). The molecule has 0 spiro atoms. The number of carbonyl (C=O) groups excluding carboxylic acids is 1. The average molecular weight is 337 g/mol. The second kappa shape index (κ2) is 7.63. The zero-order valence-corrected chi connectivity index (χ0v) is 13.7. The highest BCUT2D eigenvalue weighted by atomic mass is 35.5. The Labute approximate surface area is 140 Å². The van der Waals surface area contributed by atoms with Crippen molar-refractivity contribution in [2.24, 2.45) is 5.73 Å². The molecule has 0 fully saturated rings. The predicted octanol–water partition coefficient (Wildman–Crippen LogP) is 3.91. The number of carbonyl (C=O) groups is 1. The van der Waals surface area contributed by atoms with Gasteiger partial charge >= 0.3 is 0 Å². The van der Waals surface area contributed by atoms with Crippen LogP contribution in [0.3, 0.4) is 0 Å². The highest BCUT2D eigenvalue weighted by Gasteiger charge is 2.21. The third-order valence-corrected chi connectivity index (χ3v) is 4.10. The van der Waals surface area contributed by atoms with E-state index in [4.69, 9.17) is 28.9 Å². The Bertz CT molecular complexity index is 646. The van der Waals surface area contributed by atoms with Crippen molar-refractivity contribution in [2.45, 2.75) is 18.9 Å². The topological polar surface area (TPSA) is 55.1 Å². The lowest BCUT2D eigenvalue weighted by Gasteiger charge is -2.20. The van der Waals surface area contributed by atoms with Crippen molar-refractivity contribution in [3.63, 3.8) is 0 Å². The largest absolute Gasteiger partial charge is 0.349 e. The lowest BCUT2D eigenvalue weighted by atomic mass is 9.97. The van der Waals surface area contributed by atoms with Crippen LogP contribution in [0.4, 0.5) is 0 Å². The monoisotopic (exact) mass is 336 g/mol. The van der Waals surface area contributed by atoms with Gasteiger partial charge in [-0.25, -0.2) is 0 Å². The molecule has 2 aromatic rings. The van der Waals surface area contributed by atoms with Gasteiger partial charge in [-0.05, 0) is 30.2 Å². The number of hydrogen-bond acceptors (Lipinski definition) is 2. The highest BCUT2D eigenvalue weighted by molar-refractivity contribution is 6.35. The first kappa shape index (κ1) is 16.8. The van der Waals surface area contributed by atoms with Crippen molar-refractivity contribution in [2.75, 3.05) is 6.54 Å². The van der Waals surface area contributed by atoms with Crippen molar-refractivity contribution in [3.8, 4) is 0 Å². The molecule has 0 heterocycles. The van der Waals surface area contributed by atoms with Crippen LogP contribution < -0.4 is 11.1 Å². The van der Waals surface area contributed by atoms with Gasteiger partial charge in [0.1, 0.15) is 0 Å². The zero-order chi connectivity index (χ0) is 16.1. The Hall–Kier alpha value is -1.55. The number of nitrogens with one attached hydrogen (secondary N) is 1. The third-order valence-electron chi connectivity index (χ3n) is 3.54. The van der Waals surface area contributed by atoms with E-state index in [1.807, 2.05) is 43.3 Å². The summed E-state index contributed by atoms with van der Waals surface area (Å²) in [6.45, 7) is 2.13. The van der Waals surface area contributed by atoms with Crippen molar-refractivity contribution < 1.29 is 4.79 Å². The maximum Gasteiger partial charge on any atom is 0.229 e. The summed E-state index contributed by atoms with van der Waals surface area (Å²) < 4.78 is 0. The Kier molecular flexibility index (Phi) is 5.83. The molecule has 0 radical (unpaired) electrons. The minimum absolute atomic E-state index is 0.118. The van der Waals surface area contributed by atoms with Crippen LogP contribution >= 0.6 is 23.2 Å². The van der Waals surface area contributed by atoms with Gasteiger partial charge in [-0.3, -0.25) is 4.79 Å². The van der Waals surface area contributed by atoms with Crippen LogP contribution in [0.25, 0.3) is 0 Å². The summed E-state index contributed by atoms with van der Waals surface area (Å²) in [4.78, 5) is 12.5. The number of rotatable bonds is 5. The van der Waals surface area contributed by atoms with E-state index in [1.165, 1.54) is 0 Å². The molecule has 2 atom stereocenters. The van der Waals surface area contributed by atoms with Gasteiger partial charge in [-0.15, -0.1) is 0 Å². The fourth-order valence-electron chi connectivity index (χ4n) is 2.32. The van der Waals surface area contributed by atoms with Gasteiger partial charge in [0.2, 0.25) is 5.91 Å². The maximum absolute atomic E-state index is 12.5. The highest BCUT2D eigenvalue weighted by Crippen LogP contribution is 2.26. The Morgan fingerprint density at radius 1 is 1.18 bits per heavy atom. The van der Waals surface area contributed by atoms with Crippen LogP contribution in [0.1, 0.15) is 30.0 Å². The summed E-state index contributed by atoms with van der Waals surface area (Å²) in [5.41, 5.74) is 7.49. The summed E-state index contributed by atoms with van der Waals surface area (Å²) in [5.74, 6) is -0.498. The number of benzene rings is 2. The number of hydrogen-bond donors (Lipinski definition) is 2. The van der Waals surface area contributed by atoms with Crippen molar-refractivity contribution in [3.05, 3.63) is 69.7 Å². The van der Waals surface area contributed by atoms with Crippen molar-refractivity contribution >= 4 is 29.1 Å². The molecule has 0 aliphatic rings. The Morgan fingerprint density at radius 3 is 2.45 bits per heavy atom. The van der Waals surface area contributed by atoms with E-state index in [2.05, 4.69) is 5.32 Å². The molecule has 0 saturated carbocycles. The summed E-state index contributed by atoms with van der Waals surface area (Å²) in [6, 6.07) is 14.5. The van der Waals surface area contributed by atoms with Gasteiger partial charge in [0.05, 0.1) is 12.0 Å². The first-order valence-electron chi connectivity index (χ1n) is 7.03. The molecule has 0 saturated heterocycles. The molecule has 2 aromatic carbocycles. The lowest BCUT2D eigenvalue weighted by molar-refractivity contribution is -0.123. The Morgan fingerprint density at radius 2 is 1.86 bits per heavy atom. The SMILES string of the molecule is CC(NC(=O)C(CN)c1ccccc1)c1ccc(Cl)cc1Cl. The lowest BCUT2D eigenvalue weighted by Crippen LogP contribution is -2.35. The van der Waals surface area contributed by atoms with E-state index in [-0.39, 0.29) is 24.4 Å². The number of halogens is 2. The van der Waals surface area contributed by atoms with Gasteiger partial charge in [0.25, 0.3) is 0 Å². The minimum atomic E-state index is -0.380. The van der Waals surface area contributed by atoms with Crippen LogP contribution in [0.15, 0.2) is 48.5 Å². The molecule has 3 nitrogen and oxygen atoms in total. The minimum Gasteiger partial charge on any atom is -0.349 e. The van der Waals surface area contributed by atoms with Crippen LogP contribution in [-0.4, -0.2) is 12.5 Å². The normalized spacial score (nSPS) is 13.5. The number of nitrogens with two attached hydrogens (primary N) is 1. The maximum atomic E-state index is 12.5. The molecule has 3 N–H and O–H groups in total. The van der Waals surface area contributed by atoms with E-state index in [0.29, 0.717) is 10.0 Å². The van der Waals surface area contributed by atoms with Crippen LogP contribution in [0.2, 0.25) is 10.0 Å². The molecule has 0 aliphatic heterocycles. The van der Waals surface area contributed by atoms with Gasteiger partial charge in [-0.1, -0.05) is 59.6 Å². The van der Waals surface area contributed by atoms with E-state index >= 15 is 0 Å². The van der Waals surface area contributed by atoms with E-state index < -0.39 is 0 Å². The first-order chi connectivity index (χ1) is 10.5. The standard InChI is InChI=1S/C17H18Cl2N2O/c1-11(14-8-7-13(18)9-16(14)19)21-17(22)15(10-20)12-5-3-2-4-6-12/h2-9,11,15H,10,20H2,1H3,(H,21,22). The summed E-state index contributed by atoms with van der Waals surface area (Å²) >= 11 is 12.1. The predicted molar refractivity (Wildman–Crippen MR) is 91.3 cm³/mol. The molecule has 0 aromatic heterocycles. The van der Waals surface area contributed by atoms with Crippen LogP contribution in [0, 0.1) is 0 Å². The van der Waals surface area contributed by atoms with Gasteiger partial charge in [-0.2, -0.15) is 0 Å². The fourth-order valence-corrected chi connectivity index (χ4v) is 2.90. The Balaban J connectivity index is 2.13. The molecule has 2 unspecified atom stereocenters. The van der Waals surface area contributed by atoms with Gasteiger partial charge < -0.3 is 11.1 Å². The molecular formula is C17H18Cl2N2O. The van der Waals surface area contributed by atoms with E-state index in [1.54, 1.807) is 12.1 Å². The quantitative estimate of drug-likeness (QED) is 0.869. The molecular weight excluding hydrogens is 319 g/mol. The molecule has 0 aliphatic carbocycles. The first-order valence-corrected chi connectivity index (χ1v) is 7.79. The molecule has 0 bridgehead atoms. The van der Waals surface area contributed by atoms with Crippen LogP contribution in [-0.2, 0) is 4.79 Å². The van der Waals surface area contributed by atoms with Crippen molar-refractivity contribution in [1.29, 1.82) is 0 Å². The van der Waals surface area contributed by atoms with E-state index in [9.17, 15) is 4.79 Å². The fraction of sp³-hybridized carbons (Fsp3) is 0.235. The third kappa shape index (κ3) is 4.01. The van der Waals surface area contributed by atoms with E-state index in [0.717, 1.165) is 11.1 Å². The second-order valence-electron chi connectivity index (χ2n) is 5.10. The molecule has 1 amide bonds. The van der Waals surface area contributed by atoms with Crippen molar-refractivity contribution in [1.82, 2.24) is 5.32 Å². The smallest absolute Gasteiger partial charge is 0.229 e. The molecule has 116 valence electrons. The van der Waals surface area contributed by atoms with Gasteiger partial charge in [0, 0.05) is 16.6 Å². The van der Waals surface area contributed by atoms with Crippen LogP contribution in [0.5, 0.6) is 0 Å². The summed E-state index contributed by atoms with van der Waals surface area (Å²) in [6.07, 6.45) is 0. The van der Waals surface area contributed by atoms with Gasteiger partial charge in [0.15, 0.2) is 0 Å². The summed E-state index contributed by atoms with van der Waals surface area (Å²) in [7, 11) is 0. The zero-order valence-electron chi connectivity index (χ0n) is 12.2. The number of amides is 1.